The molecule has 1 fully saturated rings. The average Bonchev–Trinajstić information content (AvgIpc) is 2.55. The monoisotopic (exact) mass is 351 g/mol. The Kier molecular flexibility index (Phi) is 5.47. The molecule has 2 rings (SSSR count). The zero-order chi connectivity index (χ0) is 18.0. The van der Waals surface area contributed by atoms with Gasteiger partial charge in [0.15, 0.2) is 0 Å². The van der Waals surface area contributed by atoms with Crippen molar-refractivity contribution in [1.82, 2.24) is 9.62 Å². The summed E-state index contributed by atoms with van der Waals surface area (Å²) >= 11 is 0. The van der Waals surface area contributed by atoms with Crippen LogP contribution >= 0.6 is 0 Å². The smallest absolute Gasteiger partial charge is 0.253 e. The zero-order valence-electron chi connectivity index (χ0n) is 14.2. The standard InChI is InChI=1S/C17H25N3O3S/c1-4-9-19-24(22,23)14-7-5-6-13(11-14)16(21)20-10-8-15(18)17(2,3)12-20/h4-7,11,15,19H,1,8-10,12,18H2,2-3H3. The first-order valence-corrected chi connectivity index (χ1v) is 9.41. The molecule has 132 valence electrons. The van der Waals surface area contributed by atoms with Crippen LogP contribution in [0.3, 0.4) is 0 Å². The van der Waals surface area contributed by atoms with Crippen molar-refractivity contribution in [3.05, 3.63) is 42.5 Å². The maximum atomic E-state index is 12.7. The van der Waals surface area contributed by atoms with E-state index in [1.807, 2.05) is 13.8 Å². The molecule has 1 aliphatic heterocycles. The summed E-state index contributed by atoms with van der Waals surface area (Å²) in [6, 6.07) is 6.15. The lowest BCUT2D eigenvalue weighted by atomic mass is 9.79. The first-order chi connectivity index (χ1) is 11.2. The summed E-state index contributed by atoms with van der Waals surface area (Å²) < 4.78 is 26.8. The average molecular weight is 351 g/mol. The van der Waals surface area contributed by atoms with Crippen LogP contribution in [-0.2, 0) is 10.0 Å². The van der Waals surface area contributed by atoms with Gasteiger partial charge in [-0.25, -0.2) is 13.1 Å². The molecule has 0 spiro atoms. The van der Waals surface area contributed by atoms with E-state index in [9.17, 15) is 13.2 Å². The number of sulfonamides is 1. The molecule has 0 bridgehead atoms. The second-order valence-electron chi connectivity index (χ2n) is 6.78. The topological polar surface area (TPSA) is 92.5 Å². The number of nitrogens with one attached hydrogen (secondary N) is 1. The van der Waals surface area contributed by atoms with Gasteiger partial charge in [0.2, 0.25) is 10.0 Å². The Bertz CT molecular complexity index is 728. The lowest BCUT2D eigenvalue weighted by Crippen LogP contribution is -2.54. The molecule has 1 aliphatic rings. The Labute approximate surface area is 143 Å². The van der Waals surface area contributed by atoms with Crippen molar-refractivity contribution in [1.29, 1.82) is 0 Å². The van der Waals surface area contributed by atoms with Crippen LogP contribution in [0.1, 0.15) is 30.6 Å². The highest BCUT2D eigenvalue weighted by atomic mass is 32.2. The van der Waals surface area contributed by atoms with Gasteiger partial charge >= 0.3 is 0 Å². The third kappa shape index (κ3) is 4.03. The molecule has 1 heterocycles. The van der Waals surface area contributed by atoms with Crippen LogP contribution in [-0.4, -0.2) is 44.9 Å². The fourth-order valence-corrected chi connectivity index (χ4v) is 3.82. The lowest BCUT2D eigenvalue weighted by Gasteiger charge is -2.42. The minimum atomic E-state index is -3.65. The number of carbonyl (C=O) groups excluding carboxylic acids is 1. The normalized spacial score (nSPS) is 20.6. The molecule has 0 aromatic heterocycles. The van der Waals surface area contributed by atoms with E-state index < -0.39 is 10.0 Å². The Morgan fingerprint density at radius 3 is 2.83 bits per heavy atom. The summed E-state index contributed by atoms with van der Waals surface area (Å²) in [5, 5.41) is 0. The van der Waals surface area contributed by atoms with Gasteiger partial charge in [0, 0.05) is 31.2 Å². The number of hydrogen-bond acceptors (Lipinski definition) is 4. The molecule has 0 radical (unpaired) electrons. The molecule has 1 aromatic carbocycles. The fourth-order valence-electron chi connectivity index (χ4n) is 2.78. The van der Waals surface area contributed by atoms with Gasteiger partial charge in [-0.15, -0.1) is 6.58 Å². The molecule has 6 nitrogen and oxygen atoms in total. The van der Waals surface area contributed by atoms with Crippen molar-refractivity contribution in [3.8, 4) is 0 Å². The minimum absolute atomic E-state index is 0.0522. The molecule has 1 atom stereocenters. The first kappa shape index (κ1) is 18.6. The van der Waals surface area contributed by atoms with E-state index in [0.717, 1.165) is 6.42 Å². The van der Waals surface area contributed by atoms with E-state index >= 15 is 0 Å². The summed E-state index contributed by atoms with van der Waals surface area (Å²) in [5.41, 5.74) is 6.31. The third-order valence-electron chi connectivity index (χ3n) is 4.41. The number of likely N-dealkylation sites (tertiary alicyclic amines) is 1. The summed E-state index contributed by atoms with van der Waals surface area (Å²) in [7, 11) is -3.65. The van der Waals surface area contributed by atoms with Crippen molar-refractivity contribution >= 4 is 15.9 Å². The predicted molar refractivity (Wildman–Crippen MR) is 94.1 cm³/mol. The summed E-state index contributed by atoms with van der Waals surface area (Å²) in [6.45, 7) is 8.83. The molecule has 3 N–H and O–H groups in total. The summed E-state index contributed by atoms with van der Waals surface area (Å²) in [5.74, 6) is -0.171. The van der Waals surface area contributed by atoms with Crippen molar-refractivity contribution < 1.29 is 13.2 Å². The highest BCUT2D eigenvalue weighted by molar-refractivity contribution is 7.89. The van der Waals surface area contributed by atoms with Gasteiger partial charge in [-0.3, -0.25) is 4.79 Å². The van der Waals surface area contributed by atoms with Crippen LogP contribution in [0.15, 0.2) is 41.8 Å². The SMILES string of the molecule is C=CCNS(=O)(=O)c1cccc(C(=O)N2CCC(N)C(C)(C)C2)c1. The molecule has 0 aliphatic carbocycles. The summed E-state index contributed by atoms with van der Waals surface area (Å²) in [4.78, 5) is 14.6. The highest BCUT2D eigenvalue weighted by Crippen LogP contribution is 2.28. The molecule has 1 amide bonds. The first-order valence-electron chi connectivity index (χ1n) is 7.93. The maximum Gasteiger partial charge on any atom is 0.253 e. The lowest BCUT2D eigenvalue weighted by molar-refractivity contribution is 0.0533. The van der Waals surface area contributed by atoms with Crippen molar-refractivity contribution in [2.45, 2.75) is 31.2 Å². The molecule has 1 saturated heterocycles. The van der Waals surface area contributed by atoms with Crippen molar-refractivity contribution in [2.75, 3.05) is 19.6 Å². The Hall–Kier alpha value is -1.70. The van der Waals surface area contributed by atoms with Crippen molar-refractivity contribution in [3.63, 3.8) is 0 Å². The Morgan fingerprint density at radius 2 is 2.21 bits per heavy atom. The fraction of sp³-hybridized carbons (Fsp3) is 0.471. The molecule has 7 heteroatoms. The van der Waals surface area contributed by atoms with Crippen LogP contribution in [0.4, 0.5) is 0 Å². The van der Waals surface area contributed by atoms with Crippen LogP contribution in [0, 0.1) is 5.41 Å². The van der Waals surface area contributed by atoms with Crippen LogP contribution in [0.25, 0.3) is 0 Å². The quantitative estimate of drug-likeness (QED) is 0.783. The minimum Gasteiger partial charge on any atom is -0.338 e. The van der Waals surface area contributed by atoms with E-state index in [0.29, 0.717) is 18.7 Å². The number of nitrogens with two attached hydrogens (primary N) is 1. The van der Waals surface area contributed by atoms with Gasteiger partial charge in [-0.2, -0.15) is 0 Å². The van der Waals surface area contributed by atoms with Crippen molar-refractivity contribution in [2.24, 2.45) is 11.1 Å². The third-order valence-corrected chi connectivity index (χ3v) is 5.83. The number of hydrogen-bond donors (Lipinski definition) is 2. The number of nitrogens with zero attached hydrogens (tertiary/aromatic N) is 1. The molecular formula is C17H25N3O3S. The largest absolute Gasteiger partial charge is 0.338 e. The number of benzene rings is 1. The van der Waals surface area contributed by atoms with E-state index in [1.165, 1.54) is 18.2 Å². The predicted octanol–water partition coefficient (Wildman–Crippen LogP) is 1.35. The number of carbonyl (C=O) groups is 1. The second-order valence-corrected chi connectivity index (χ2v) is 8.55. The molecule has 0 saturated carbocycles. The van der Waals surface area contributed by atoms with Crippen LogP contribution in [0.2, 0.25) is 0 Å². The maximum absolute atomic E-state index is 12.7. The summed E-state index contributed by atoms with van der Waals surface area (Å²) in [6.07, 6.45) is 2.20. The van der Waals surface area contributed by atoms with Gasteiger partial charge in [0.05, 0.1) is 4.90 Å². The highest BCUT2D eigenvalue weighted by Gasteiger charge is 2.35. The van der Waals surface area contributed by atoms with Crippen LogP contribution < -0.4 is 10.5 Å². The Balaban J connectivity index is 2.22. The van der Waals surface area contributed by atoms with Crippen LogP contribution in [0.5, 0.6) is 0 Å². The second kappa shape index (κ2) is 7.04. The van der Waals surface area contributed by atoms with E-state index in [1.54, 1.807) is 17.0 Å². The van der Waals surface area contributed by atoms with Gasteiger partial charge in [0.25, 0.3) is 5.91 Å². The van der Waals surface area contributed by atoms with Gasteiger partial charge in [-0.1, -0.05) is 26.0 Å². The van der Waals surface area contributed by atoms with E-state index in [-0.39, 0.29) is 28.8 Å². The number of rotatable bonds is 5. The van der Waals surface area contributed by atoms with Gasteiger partial charge < -0.3 is 10.6 Å². The molecular weight excluding hydrogens is 326 g/mol. The molecule has 24 heavy (non-hydrogen) atoms. The molecule has 1 aromatic rings. The molecule has 1 unspecified atom stereocenters. The Morgan fingerprint density at radius 1 is 1.50 bits per heavy atom. The van der Waals surface area contributed by atoms with E-state index in [2.05, 4.69) is 11.3 Å². The van der Waals surface area contributed by atoms with Gasteiger partial charge in [-0.05, 0) is 30.0 Å². The van der Waals surface area contributed by atoms with E-state index in [4.69, 9.17) is 5.73 Å². The van der Waals surface area contributed by atoms with Gasteiger partial charge in [0.1, 0.15) is 0 Å². The zero-order valence-corrected chi connectivity index (χ0v) is 15.0. The number of piperidine rings is 1. The number of amides is 1.